The second-order valence-electron chi connectivity index (χ2n) is 2.74. The van der Waals surface area contributed by atoms with Gasteiger partial charge >= 0.3 is 0 Å². The number of nitrogens with one attached hydrogen (secondary N) is 1. The number of hydrogen-bond donors (Lipinski definition) is 3. The van der Waals surface area contributed by atoms with Crippen molar-refractivity contribution in [1.82, 2.24) is 15.2 Å². The second kappa shape index (κ2) is 4.75. The van der Waals surface area contributed by atoms with Gasteiger partial charge < -0.3 is 10.2 Å². The number of nitrogens with zero attached hydrogens (tertiary/aromatic N) is 2. The Hall–Kier alpha value is -0.890. The van der Waals surface area contributed by atoms with Gasteiger partial charge in [-0.15, -0.1) is 16.4 Å². The molecule has 15 heavy (non-hydrogen) atoms. The first-order valence-electron chi connectivity index (χ1n) is 4.21. The van der Waals surface area contributed by atoms with E-state index in [1.807, 2.05) is 17.5 Å². The number of thioether (sulfide) groups is 1. The largest absolute Gasteiger partial charge is 0.367 e. The van der Waals surface area contributed by atoms with Crippen molar-refractivity contribution in [1.29, 1.82) is 0 Å². The van der Waals surface area contributed by atoms with Crippen LogP contribution < -0.4 is 0 Å². The molecule has 0 aliphatic heterocycles. The lowest BCUT2D eigenvalue weighted by molar-refractivity contribution is -0.0186. The predicted octanol–water partition coefficient (Wildman–Crippen LogP) is 0.936. The van der Waals surface area contributed by atoms with E-state index in [4.69, 9.17) is 10.2 Å². The van der Waals surface area contributed by atoms with Gasteiger partial charge in [0.2, 0.25) is 5.16 Å². The maximum absolute atomic E-state index is 8.68. The monoisotopic (exact) mass is 243 g/mol. The molecule has 0 unspecified atom stereocenters. The van der Waals surface area contributed by atoms with Crippen LogP contribution in [0.25, 0.3) is 10.7 Å². The summed E-state index contributed by atoms with van der Waals surface area (Å²) in [5, 5.41) is 26.6. The normalized spacial score (nSPS) is 11.1. The van der Waals surface area contributed by atoms with Crippen LogP contribution >= 0.6 is 23.1 Å². The van der Waals surface area contributed by atoms with Gasteiger partial charge in [-0.1, -0.05) is 17.8 Å². The van der Waals surface area contributed by atoms with Crippen LogP contribution in [0.4, 0.5) is 0 Å². The summed E-state index contributed by atoms with van der Waals surface area (Å²) in [6.07, 6.45) is -1.33. The number of H-pyrrole nitrogens is 1. The van der Waals surface area contributed by atoms with Crippen molar-refractivity contribution in [3.05, 3.63) is 17.5 Å². The van der Waals surface area contributed by atoms with Crippen LogP contribution in [0.2, 0.25) is 0 Å². The quantitative estimate of drug-likeness (QED) is 0.550. The molecule has 0 atom stereocenters. The summed E-state index contributed by atoms with van der Waals surface area (Å²) < 4.78 is 0. The summed E-state index contributed by atoms with van der Waals surface area (Å²) in [5.74, 6) is 0.877. The van der Waals surface area contributed by atoms with Gasteiger partial charge in [-0.3, -0.25) is 5.10 Å². The molecule has 0 saturated carbocycles. The van der Waals surface area contributed by atoms with E-state index >= 15 is 0 Å². The predicted molar refractivity (Wildman–Crippen MR) is 58.6 cm³/mol. The number of aliphatic hydroxyl groups is 2. The average Bonchev–Trinajstić information content (AvgIpc) is 2.85. The highest BCUT2D eigenvalue weighted by Crippen LogP contribution is 2.23. The molecular formula is C8H9N3O2S2. The van der Waals surface area contributed by atoms with Gasteiger partial charge in [0, 0.05) is 0 Å². The molecule has 0 aliphatic carbocycles. The van der Waals surface area contributed by atoms with E-state index in [1.165, 1.54) is 11.8 Å². The van der Waals surface area contributed by atoms with Crippen LogP contribution in [0, 0.1) is 0 Å². The first kappa shape index (κ1) is 10.6. The summed E-state index contributed by atoms with van der Waals surface area (Å²) in [4.78, 5) is 5.22. The third-order valence-corrected chi connectivity index (χ3v) is 3.36. The van der Waals surface area contributed by atoms with Crippen molar-refractivity contribution >= 4 is 23.1 Å². The Morgan fingerprint density at radius 2 is 2.40 bits per heavy atom. The lowest BCUT2D eigenvalue weighted by atomic mass is 10.4. The minimum atomic E-state index is -1.33. The van der Waals surface area contributed by atoms with Gasteiger partial charge in [-0.05, 0) is 11.4 Å². The molecule has 0 radical (unpaired) electrons. The maximum atomic E-state index is 8.68. The zero-order chi connectivity index (χ0) is 10.7. The number of aliphatic hydroxyl groups excluding tert-OH is 1. The van der Waals surface area contributed by atoms with Crippen molar-refractivity contribution in [2.24, 2.45) is 0 Å². The smallest absolute Gasteiger partial charge is 0.208 e. The topological polar surface area (TPSA) is 82.0 Å². The summed E-state index contributed by atoms with van der Waals surface area (Å²) in [5.41, 5.74) is 0. The second-order valence-corrected chi connectivity index (χ2v) is 4.67. The van der Waals surface area contributed by atoms with Crippen molar-refractivity contribution in [3.63, 3.8) is 0 Å². The van der Waals surface area contributed by atoms with E-state index in [2.05, 4.69) is 15.2 Å². The van der Waals surface area contributed by atoms with Crippen molar-refractivity contribution in [3.8, 4) is 10.7 Å². The first-order valence-corrected chi connectivity index (χ1v) is 6.07. The molecule has 5 nitrogen and oxygen atoms in total. The van der Waals surface area contributed by atoms with Crippen molar-refractivity contribution < 1.29 is 10.2 Å². The van der Waals surface area contributed by atoms with E-state index in [-0.39, 0.29) is 5.75 Å². The number of thiophene rings is 1. The summed E-state index contributed by atoms with van der Waals surface area (Å²) in [7, 11) is 0. The Labute approximate surface area is 94.2 Å². The molecular weight excluding hydrogens is 234 g/mol. The maximum Gasteiger partial charge on any atom is 0.208 e. The van der Waals surface area contributed by atoms with Crippen LogP contribution in [-0.2, 0) is 0 Å². The molecule has 3 N–H and O–H groups in total. The molecule has 2 heterocycles. The lowest BCUT2D eigenvalue weighted by Crippen LogP contribution is -2.07. The fourth-order valence-corrected chi connectivity index (χ4v) is 2.21. The molecule has 2 rings (SSSR count). The molecule has 2 aromatic rings. The zero-order valence-corrected chi connectivity index (χ0v) is 9.25. The Balaban J connectivity index is 2.04. The molecule has 0 bridgehead atoms. The lowest BCUT2D eigenvalue weighted by Gasteiger charge is -1.97. The van der Waals surface area contributed by atoms with Crippen molar-refractivity contribution in [2.45, 2.75) is 11.4 Å². The van der Waals surface area contributed by atoms with Gasteiger partial charge in [0.25, 0.3) is 0 Å². The van der Waals surface area contributed by atoms with Crippen LogP contribution in [-0.4, -0.2) is 37.4 Å². The Morgan fingerprint density at radius 3 is 3.07 bits per heavy atom. The summed E-state index contributed by atoms with van der Waals surface area (Å²) >= 11 is 2.77. The first-order chi connectivity index (χ1) is 7.25. The van der Waals surface area contributed by atoms with Gasteiger partial charge in [0.1, 0.15) is 0 Å². The van der Waals surface area contributed by atoms with Crippen LogP contribution in [0.1, 0.15) is 0 Å². The summed E-state index contributed by atoms with van der Waals surface area (Å²) in [6, 6.07) is 3.88. The highest BCUT2D eigenvalue weighted by molar-refractivity contribution is 7.99. The fraction of sp³-hybridized carbons (Fsp3) is 0.250. The molecule has 0 aromatic carbocycles. The molecule has 0 spiro atoms. The van der Waals surface area contributed by atoms with Crippen LogP contribution in [0.3, 0.4) is 0 Å². The fourth-order valence-electron chi connectivity index (χ4n) is 0.984. The van der Waals surface area contributed by atoms with E-state index in [0.717, 1.165) is 4.88 Å². The Morgan fingerprint density at radius 1 is 1.53 bits per heavy atom. The molecule has 0 amide bonds. The van der Waals surface area contributed by atoms with Gasteiger partial charge in [0.05, 0.1) is 10.6 Å². The van der Waals surface area contributed by atoms with Crippen LogP contribution in [0.5, 0.6) is 0 Å². The number of aromatic amines is 1. The third-order valence-electron chi connectivity index (χ3n) is 1.58. The standard InChI is InChI=1S/C8H9N3O2S2/c12-6(13)4-15-8-9-7(10-11-8)5-2-1-3-14-5/h1-3,6,12-13H,4H2,(H,9,10,11). The number of aromatic nitrogens is 3. The molecule has 80 valence electrons. The van der Waals surface area contributed by atoms with E-state index in [0.29, 0.717) is 11.0 Å². The highest BCUT2D eigenvalue weighted by Gasteiger charge is 2.08. The van der Waals surface area contributed by atoms with Crippen molar-refractivity contribution in [2.75, 3.05) is 5.75 Å². The van der Waals surface area contributed by atoms with E-state index in [9.17, 15) is 0 Å². The minimum Gasteiger partial charge on any atom is -0.367 e. The Bertz CT molecular complexity index is 413. The minimum absolute atomic E-state index is 0.168. The molecule has 0 saturated heterocycles. The van der Waals surface area contributed by atoms with Gasteiger partial charge in [-0.2, -0.15) is 0 Å². The molecule has 2 aromatic heterocycles. The highest BCUT2D eigenvalue weighted by atomic mass is 32.2. The average molecular weight is 243 g/mol. The van der Waals surface area contributed by atoms with Gasteiger partial charge in [0.15, 0.2) is 12.1 Å². The number of rotatable bonds is 4. The van der Waals surface area contributed by atoms with Crippen LogP contribution in [0.15, 0.2) is 22.7 Å². The number of hydrogen-bond acceptors (Lipinski definition) is 6. The SMILES string of the molecule is OC(O)CSc1n[nH]c(-c2cccs2)n1. The molecule has 0 fully saturated rings. The van der Waals surface area contributed by atoms with Gasteiger partial charge in [-0.25, -0.2) is 4.98 Å². The van der Waals surface area contributed by atoms with E-state index < -0.39 is 6.29 Å². The summed E-state index contributed by atoms with van der Waals surface area (Å²) in [6.45, 7) is 0. The molecule has 7 heteroatoms. The third kappa shape index (κ3) is 2.78. The Kier molecular flexibility index (Phi) is 3.37. The molecule has 0 aliphatic rings. The zero-order valence-electron chi connectivity index (χ0n) is 7.62. The van der Waals surface area contributed by atoms with E-state index in [1.54, 1.807) is 11.3 Å².